The number of nitrogens with zero attached hydrogens (tertiary/aromatic N) is 6. The molecule has 2 aliphatic rings. The Morgan fingerprint density at radius 2 is 2.03 bits per heavy atom. The van der Waals surface area contributed by atoms with Crippen molar-refractivity contribution in [1.29, 1.82) is 5.26 Å². The first kappa shape index (κ1) is 22.8. The Labute approximate surface area is 210 Å². The predicted molar refractivity (Wildman–Crippen MR) is 134 cm³/mol. The van der Waals surface area contributed by atoms with Crippen molar-refractivity contribution >= 4 is 45.6 Å². The Bertz CT molecular complexity index is 1540. The van der Waals surface area contributed by atoms with E-state index in [9.17, 15) is 18.8 Å². The standard InChI is InChI=1S/C26H22F2N8O/c27-11-21-25(37)36(19-7-3-4-15(8-19)12-29)22-14-30-26(33-24(22)35(21)18-5-1-2-6-18)32-17-9-16-13-31-34-23(16)20(28)10-17/h3-4,7-10,13-14,18,21H,1-2,5-6,11H2,(H,31,34)(H,30,32,33). The second-order valence-electron chi connectivity index (χ2n) is 9.17. The number of hydrogen-bond acceptors (Lipinski definition) is 7. The van der Waals surface area contributed by atoms with Crippen molar-refractivity contribution in [2.24, 2.45) is 0 Å². The van der Waals surface area contributed by atoms with Crippen molar-refractivity contribution in [2.45, 2.75) is 37.8 Å². The van der Waals surface area contributed by atoms with Gasteiger partial charge in [0.2, 0.25) is 5.95 Å². The zero-order chi connectivity index (χ0) is 25.5. The molecule has 6 rings (SSSR count). The molecule has 4 aromatic rings. The predicted octanol–water partition coefficient (Wildman–Crippen LogP) is 4.87. The van der Waals surface area contributed by atoms with Crippen LogP contribution in [0, 0.1) is 17.1 Å². The maximum absolute atomic E-state index is 14.5. The highest BCUT2D eigenvalue weighted by molar-refractivity contribution is 6.10. The van der Waals surface area contributed by atoms with Crippen LogP contribution in [-0.4, -0.2) is 44.8 Å². The number of rotatable bonds is 5. The van der Waals surface area contributed by atoms with Crippen LogP contribution in [0.1, 0.15) is 31.2 Å². The molecular formula is C26H22F2N8O. The fraction of sp³-hybridized carbons (Fsp3) is 0.269. The Morgan fingerprint density at radius 1 is 1.19 bits per heavy atom. The highest BCUT2D eigenvalue weighted by Gasteiger charge is 2.44. The Balaban J connectivity index is 1.46. The van der Waals surface area contributed by atoms with Crippen molar-refractivity contribution in [1.82, 2.24) is 20.2 Å². The van der Waals surface area contributed by atoms with E-state index in [1.807, 2.05) is 0 Å². The maximum Gasteiger partial charge on any atom is 0.257 e. The molecule has 9 nitrogen and oxygen atoms in total. The fourth-order valence-corrected chi connectivity index (χ4v) is 5.26. The van der Waals surface area contributed by atoms with Crippen LogP contribution < -0.4 is 15.1 Å². The average Bonchev–Trinajstić information content (AvgIpc) is 3.61. The van der Waals surface area contributed by atoms with Crippen molar-refractivity contribution in [3.63, 3.8) is 0 Å². The molecule has 186 valence electrons. The fourth-order valence-electron chi connectivity index (χ4n) is 5.26. The highest BCUT2D eigenvalue weighted by atomic mass is 19.1. The van der Waals surface area contributed by atoms with Crippen molar-refractivity contribution in [3.8, 4) is 6.07 Å². The van der Waals surface area contributed by atoms with E-state index in [2.05, 4.69) is 26.6 Å². The Hall–Kier alpha value is -4.59. The molecule has 0 saturated heterocycles. The normalized spacial score (nSPS) is 17.8. The topological polar surface area (TPSA) is 114 Å². The molecule has 1 aliphatic carbocycles. The van der Waals surface area contributed by atoms with E-state index in [0.29, 0.717) is 39.3 Å². The van der Waals surface area contributed by atoms with Gasteiger partial charge in [0.25, 0.3) is 5.91 Å². The minimum atomic E-state index is -1.07. The molecule has 1 unspecified atom stereocenters. The number of H-pyrrole nitrogens is 1. The molecule has 0 bridgehead atoms. The monoisotopic (exact) mass is 500 g/mol. The lowest BCUT2D eigenvalue weighted by atomic mass is 10.0. The second kappa shape index (κ2) is 9.13. The first-order valence-corrected chi connectivity index (χ1v) is 12.0. The van der Waals surface area contributed by atoms with Gasteiger partial charge in [-0.1, -0.05) is 18.9 Å². The molecule has 0 spiro atoms. The zero-order valence-electron chi connectivity index (χ0n) is 19.7. The number of carbonyl (C=O) groups excluding carboxylic acids is 1. The number of aromatic nitrogens is 4. The summed E-state index contributed by atoms with van der Waals surface area (Å²) in [6, 6.07) is 10.6. The lowest BCUT2D eigenvalue weighted by Crippen LogP contribution is -2.56. The quantitative estimate of drug-likeness (QED) is 0.402. The molecule has 37 heavy (non-hydrogen) atoms. The first-order chi connectivity index (χ1) is 18.1. The summed E-state index contributed by atoms with van der Waals surface area (Å²) in [6.45, 7) is -0.891. The molecule has 11 heteroatoms. The Kier molecular flexibility index (Phi) is 5.64. The van der Waals surface area contributed by atoms with Crippen LogP contribution in [0.25, 0.3) is 10.9 Å². The molecule has 1 aliphatic heterocycles. The van der Waals surface area contributed by atoms with Gasteiger partial charge in [-0.25, -0.2) is 13.8 Å². The van der Waals surface area contributed by atoms with Crippen LogP contribution >= 0.6 is 0 Å². The van der Waals surface area contributed by atoms with Crippen molar-refractivity contribution in [3.05, 3.63) is 60.2 Å². The van der Waals surface area contributed by atoms with Gasteiger partial charge in [0.1, 0.15) is 23.9 Å². The zero-order valence-corrected chi connectivity index (χ0v) is 19.7. The van der Waals surface area contributed by atoms with E-state index >= 15 is 0 Å². The summed E-state index contributed by atoms with van der Waals surface area (Å²) in [5, 5.41) is 19.5. The lowest BCUT2D eigenvalue weighted by molar-refractivity contribution is -0.120. The number of nitrogens with one attached hydrogen (secondary N) is 2. The van der Waals surface area contributed by atoms with Gasteiger partial charge in [-0.3, -0.25) is 14.8 Å². The third kappa shape index (κ3) is 3.91. The summed E-state index contributed by atoms with van der Waals surface area (Å²) in [6.07, 6.45) is 6.63. The molecule has 1 saturated carbocycles. The second-order valence-corrected chi connectivity index (χ2v) is 9.17. The van der Waals surface area contributed by atoms with E-state index in [1.165, 1.54) is 23.4 Å². The largest absolute Gasteiger partial charge is 0.337 e. The average molecular weight is 501 g/mol. The Morgan fingerprint density at radius 3 is 2.81 bits per heavy atom. The van der Waals surface area contributed by atoms with E-state index < -0.39 is 24.4 Å². The number of alkyl halides is 1. The van der Waals surface area contributed by atoms with Crippen LogP contribution in [0.3, 0.4) is 0 Å². The summed E-state index contributed by atoms with van der Waals surface area (Å²) in [4.78, 5) is 25.9. The number of hydrogen-bond donors (Lipinski definition) is 2. The van der Waals surface area contributed by atoms with Gasteiger partial charge >= 0.3 is 0 Å². The molecule has 2 aromatic heterocycles. The lowest BCUT2D eigenvalue weighted by Gasteiger charge is -2.43. The van der Waals surface area contributed by atoms with Gasteiger partial charge in [-0.2, -0.15) is 15.3 Å². The number of nitriles is 1. The molecule has 2 N–H and O–H groups in total. The van der Waals surface area contributed by atoms with Crippen LogP contribution in [-0.2, 0) is 4.79 Å². The van der Waals surface area contributed by atoms with Crippen LogP contribution in [0.2, 0.25) is 0 Å². The summed E-state index contributed by atoms with van der Waals surface area (Å²) in [5.74, 6) is -0.316. The SMILES string of the molecule is N#Cc1cccc(N2C(=O)C(CF)N(C3CCCC3)c3nc(Nc4cc(F)c5[nH]ncc5c4)ncc32)c1. The minimum absolute atomic E-state index is 0.0430. The number of amides is 1. The van der Waals surface area contributed by atoms with Gasteiger partial charge in [-0.05, 0) is 43.2 Å². The van der Waals surface area contributed by atoms with Crippen molar-refractivity contribution in [2.75, 3.05) is 21.8 Å². The van der Waals surface area contributed by atoms with E-state index in [0.717, 1.165) is 25.7 Å². The molecule has 0 radical (unpaired) electrons. The number of fused-ring (bicyclic) bond motifs is 2. The van der Waals surface area contributed by atoms with Crippen LogP contribution in [0.15, 0.2) is 48.8 Å². The third-order valence-corrected chi connectivity index (χ3v) is 6.93. The summed E-state index contributed by atoms with van der Waals surface area (Å²) < 4.78 is 29.0. The van der Waals surface area contributed by atoms with Crippen LogP contribution in [0.5, 0.6) is 0 Å². The van der Waals surface area contributed by atoms with Gasteiger partial charge in [0, 0.05) is 17.1 Å². The molecule has 1 amide bonds. The number of aromatic amines is 1. The van der Waals surface area contributed by atoms with E-state index in [1.54, 1.807) is 35.2 Å². The molecule has 1 fully saturated rings. The third-order valence-electron chi connectivity index (χ3n) is 6.93. The maximum atomic E-state index is 14.5. The summed E-state index contributed by atoms with van der Waals surface area (Å²) >= 11 is 0. The van der Waals surface area contributed by atoms with Crippen LogP contribution in [0.4, 0.5) is 37.6 Å². The first-order valence-electron chi connectivity index (χ1n) is 12.0. The van der Waals surface area contributed by atoms with E-state index in [-0.39, 0.29) is 12.0 Å². The summed E-state index contributed by atoms with van der Waals surface area (Å²) in [5.41, 5.74) is 1.93. The number of anilines is 5. The van der Waals surface area contributed by atoms with Gasteiger partial charge in [0.15, 0.2) is 11.6 Å². The summed E-state index contributed by atoms with van der Waals surface area (Å²) in [7, 11) is 0. The van der Waals surface area contributed by atoms with Gasteiger partial charge in [0.05, 0.1) is 29.7 Å². The molecular weight excluding hydrogens is 478 g/mol. The molecule has 3 heterocycles. The van der Waals surface area contributed by atoms with E-state index in [4.69, 9.17) is 4.98 Å². The molecule has 1 atom stereocenters. The number of benzene rings is 2. The number of halogens is 2. The van der Waals surface area contributed by atoms with Crippen molar-refractivity contribution < 1.29 is 13.6 Å². The number of carbonyl (C=O) groups is 1. The van der Waals surface area contributed by atoms with Gasteiger partial charge in [-0.15, -0.1) is 0 Å². The highest BCUT2D eigenvalue weighted by Crippen LogP contribution is 2.43. The smallest absolute Gasteiger partial charge is 0.257 e. The minimum Gasteiger partial charge on any atom is -0.337 e. The molecule has 2 aromatic carbocycles. The van der Waals surface area contributed by atoms with Gasteiger partial charge < -0.3 is 10.2 Å².